The summed E-state index contributed by atoms with van der Waals surface area (Å²) in [4.78, 5) is 12.5. The van der Waals surface area contributed by atoms with Gasteiger partial charge in [-0.05, 0) is 44.0 Å². The van der Waals surface area contributed by atoms with E-state index in [0.717, 1.165) is 18.4 Å². The molecule has 0 unspecified atom stereocenters. The number of nitrogens with one attached hydrogen (secondary N) is 1. The van der Waals surface area contributed by atoms with E-state index in [2.05, 4.69) is 10.5 Å². The number of amides is 1. The van der Waals surface area contributed by atoms with Crippen LogP contribution in [0.5, 0.6) is 5.75 Å². The quantitative estimate of drug-likeness (QED) is 0.885. The number of methoxy groups -OCH3 is 1. The van der Waals surface area contributed by atoms with Gasteiger partial charge in [-0.2, -0.15) is 0 Å². The van der Waals surface area contributed by atoms with Gasteiger partial charge < -0.3 is 19.7 Å². The lowest BCUT2D eigenvalue weighted by Gasteiger charge is -2.07. The van der Waals surface area contributed by atoms with Gasteiger partial charge in [0, 0.05) is 11.6 Å². The zero-order chi connectivity index (χ0) is 15.7. The Kier molecular flexibility index (Phi) is 3.85. The number of hydrogen-bond acceptors (Lipinski definition) is 5. The number of carbonyl (C=O) groups is 1. The third-order valence-electron chi connectivity index (χ3n) is 3.60. The Hall–Kier alpha value is -2.34. The van der Waals surface area contributed by atoms with Gasteiger partial charge in [-0.25, -0.2) is 0 Å². The Balaban J connectivity index is 2.00. The van der Waals surface area contributed by atoms with Crippen molar-refractivity contribution in [1.82, 2.24) is 10.5 Å². The lowest BCUT2D eigenvalue weighted by atomic mass is 10.0. The van der Waals surface area contributed by atoms with Gasteiger partial charge in [0.25, 0.3) is 5.91 Å². The van der Waals surface area contributed by atoms with E-state index in [9.17, 15) is 9.90 Å². The van der Waals surface area contributed by atoms with E-state index in [1.807, 2.05) is 0 Å². The normalized spacial score (nSPS) is 15.4. The topological polar surface area (TPSA) is 84.6 Å². The van der Waals surface area contributed by atoms with Crippen LogP contribution in [-0.4, -0.2) is 29.3 Å². The molecule has 1 aromatic carbocycles. The number of aliphatic hydroxyl groups excluding tert-OH is 1. The van der Waals surface area contributed by atoms with Gasteiger partial charge in [0.1, 0.15) is 23.1 Å². The van der Waals surface area contributed by atoms with Gasteiger partial charge in [0.15, 0.2) is 5.76 Å². The average molecular weight is 302 g/mol. The van der Waals surface area contributed by atoms with Gasteiger partial charge in [-0.15, -0.1) is 0 Å². The number of hydrogen-bond donors (Lipinski definition) is 2. The molecule has 116 valence electrons. The van der Waals surface area contributed by atoms with Crippen LogP contribution in [0, 0.1) is 0 Å². The smallest absolute Gasteiger partial charge is 0.257 e. The second kappa shape index (κ2) is 5.81. The maximum absolute atomic E-state index is 12.5. The Bertz CT molecular complexity index is 672. The van der Waals surface area contributed by atoms with Gasteiger partial charge in [0.05, 0.1) is 7.11 Å². The van der Waals surface area contributed by atoms with Crippen LogP contribution < -0.4 is 10.1 Å². The van der Waals surface area contributed by atoms with E-state index in [4.69, 9.17) is 9.26 Å². The van der Waals surface area contributed by atoms with Crippen molar-refractivity contribution in [3.63, 3.8) is 0 Å². The van der Waals surface area contributed by atoms with E-state index in [1.54, 1.807) is 38.3 Å². The van der Waals surface area contributed by atoms with Crippen LogP contribution in [0.2, 0.25) is 0 Å². The predicted octanol–water partition coefficient (Wildman–Crippen LogP) is 2.30. The molecule has 1 aliphatic carbocycles. The van der Waals surface area contributed by atoms with Crippen molar-refractivity contribution in [2.45, 2.75) is 31.9 Å². The summed E-state index contributed by atoms with van der Waals surface area (Å²) in [5.41, 5.74) is 1.46. The minimum Gasteiger partial charge on any atom is -0.497 e. The molecule has 1 fully saturated rings. The number of aromatic nitrogens is 1. The lowest BCUT2D eigenvalue weighted by Crippen LogP contribution is -2.26. The Morgan fingerprint density at radius 3 is 2.64 bits per heavy atom. The fourth-order valence-electron chi connectivity index (χ4n) is 2.24. The zero-order valence-corrected chi connectivity index (χ0v) is 12.5. The molecule has 6 nitrogen and oxygen atoms in total. The molecule has 0 radical (unpaired) electrons. The van der Waals surface area contributed by atoms with E-state index in [1.165, 1.54) is 0 Å². The van der Waals surface area contributed by atoms with Crippen LogP contribution >= 0.6 is 0 Å². The fourth-order valence-corrected chi connectivity index (χ4v) is 2.24. The molecule has 1 saturated carbocycles. The SMILES string of the molecule is COc1ccc(-c2noc([C@H](C)O)c2C(=O)NC2CC2)cc1. The first-order valence-electron chi connectivity index (χ1n) is 7.23. The molecule has 3 rings (SSSR count). The molecular formula is C16H18N2O4. The Labute approximate surface area is 128 Å². The summed E-state index contributed by atoms with van der Waals surface area (Å²) >= 11 is 0. The summed E-state index contributed by atoms with van der Waals surface area (Å²) in [5.74, 6) is 0.640. The highest BCUT2D eigenvalue weighted by molar-refractivity contribution is 6.01. The first kappa shape index (κ1) is 14.6. The highest BCUT2D eigenvalue weighted by Gasteiger charge is 2.30. The first-order chi connectivity index (χ1) is 10.6. The summed E-state index contributed by atoms with van der Waals surface area (Å²) in [7, 11) is 1.59. The third-order valence-corrected chi connectivity index (χ3v) is 3.60. The number of nitrogens with zero attached hydrogens (tertiary/aromatic N) is 1. The number of aliphatic hydroxyl groups is 1. The van der Waals surface area contributed by atoms with Crippen molar-refractivity contribution in [3.05, 3.63) is 35.6 Å². The standard InChI is InChI=1S/C16H18N2O4/c1-9(19)15-13(16(20)17-11-5-6-11)14(18-22-15)10-3-7-12(21-2)8-4-10/h3-4,7-9,11,19H,5-6H2,1-2H3,(H,17,20)/t9-/m0/s1. The molecule has 0 bridgehead atoms. The fraction of sp³-hybridized carbons (Fsp3) is 0.375. The zero-order valence-electron chi connectivity index (χ0n) is 12.5. The van der Waals surface area contributed by atoms with Crippen LogP contribution in [0.1, 0.15) is 42.0 Å². The van der Waals surface area contributed by atoms with Gasteiger partial charge in [0.2, 0.25) is 0 Å². The molecule has 2 N–H and O–H groups in total. The monoisotopic (exact) mass is 302 g/mol. The molecule has 6 heteroatoms. The first-order valence-corrected chi connectivity index (χ1v) is 7.23. The maximum atomic E-state index is 12.5. The van der Waals surface area contributed by atoms with E-state index in [-0.39, 0.29) is 17.7 Å². The maximum Gasteiger partial charge on any atom is 0.257 e. The molecule has 0 spiro atoms. The molecule has 1 aliphatic rings. The summed E-state index contributed by atoms with van der Waals surface area (Å²) in [6.07, 6.45) is 1.07. The molecule has 2 aromatic rings. The number of ether oxygens (including phenoxy) is 1. The number of benzene rings is 1. The van der Waals surface area contributed by atoms with Gasteiger partial charge in [-0.1, -0.05) is 5.16 Å². The van der Waals surface area contributed by atoms with Crippen LogP contribution in [-0.2, 0) is 0 Å². The molecule has 22 heavy (non-hydrogen) atoms. The van der Waals surface area contributed by atoms with Gasteiger partial charge in [-0.3, -0.25) is 4.79 Å². The van der Waals surface area contributed by atoms with Crippen LogP contribution in [0.25, 0.3) is 11.3 Å². The minimum atomic E-state index is -0.903. The number of rotatable bonds is 5. The summed E-state index contributed by atoms with van der Waals surface area (Å²) < 4.78 is 10.3. The molecule has 1 aromatic heterocycles. The average Bonchev–Trinajstić information content (AvgIpc) is 3.21. The Morgan fingerprint density at radius 1 is 1.41 bits per heavy atom. The van der Waals surface area contributed by atoms with Crippen molar-refractivity contribution in [3.8, 4) is 17.0 Å². The third kappa shape index (κ3) is 2.82. The summed E-state index contributed by atoms with van der Waals surface area (Å²) in [6.45, 7) is 1.55. The van der Waals surface area contributed by atoms with Crippen LogP contribution in [0.15, 0.2) is 28.8 Å². The number of carbonyl (C=O) groups excluding carboxylic acids is 1. The molecule has 1 heterocycles. The largest absolute Gasteiger partial charge is 0.497 e. The van der Waals surface area contributed by atoms with Crippen molar-refractivity contribution >= 4 is 5.91 Å². The van der Waals surface area contributed by atoms with E-state index in [0.29, 0.717) is 17.0 Å². The summed E-state index contributed by atoms with van der Waals surface area (Å²) in [5, 5.41) is 16.7. The van der Waals surface area contributed by atoms with Crippen molar-refractivity contribution in [2.75, 3.05) is 7.11 Å². The van der Waals surface area contributed by atoms with Crippen molar-refractivity contribution in [1.29, 1.82) is 0 Å². The summed E-state index contributed by atoms with van der Waals surface area (Å²) in [6, 6.07) is 7.39. The highest BCUT2D eigenvalue weighted by atomic mass is 16.5. The second-order valence-electron chi connectivity index (χ2n) is 5.42. The van der Waals surface area contributed by atoms with Crippen molar-refractivity contribution < 1.29 is 19.2 Å². The van der Waals surface area contributed by atoms with Gasteiger partial charge >= 0.3 is 0 Å². The van der Waals surface area contributed by atoms with Crippen molar-refractivity contribution in [2.24, 2.45) is 0 Å². The highest BCUT2D eigenvalue weighted by Crippen LogP contribution is 2.31. The molecule has 0 saturated heterocycles. The second-order valence-corrected chi connectivity index (χ2v) is 5.42. The van der Waals surface area contributed by atoms with Crippen LogP contribution in [0.3, 0.4) is 0 Å². The molecule has 1 atom stereocenters. The minimum absolute atomic E-state index is 0.184. The molecular weight excluding hydrogens is 284 g/mol. The van der Waals surface area contributed by atoms with Crippen LogP contribution in [0.4, 0.5) is 0 Å². The lowest BCUT2D eigenvalue weighted by molar-refractivity contribution is 0.0938. The molecule has 1 amide bonds. The predicted molar refractivity (Wildman–Crippen MR) is 79.6 cm³/mol. The van der Waals surface area contributed by atoms with E-state index >= 15 is 0 Å². The van der Waals surface area contributed by atoms with E-state index < -0.39 is 6.10 Å². The Morgan fingerprint density at radius 2 is 2.09 bits per heavy atom. The molecule has 0 aliphatic heterocycles.